The Labute approximate surface area is 155 Å². The molecule has 132 valence electrons. The van der Waals surface area contributed by atoms with Gasteiger partial charge in [0.1, 0.15) is 6.54 Å². The number of allylic oxidation sites excluding steroid dienone is 2. The lowest BCUT2D eigenvalue weighted by Crippen LogP contribution is -2.41. The summed E-state index contributed by atoms with van der Waals surface area (Å²) >= 11 is 7.44. The molecule has 1 fully saturated rings. The third-order valence-corrected chi connectivity index (χ3v) is 5.67. The molecule has 7 heteroatoms. The van der Waals surface area contributed by atoms with Crippen molar-refractivity contribution in [2.45, 2.75) is 17.7 Å². The van der Waals surface area contributed by atoms with Crippen molar-refractivity contribution in [2.75, 3.05) is 18.8 Å². The molecule has 0 saturated carbocycles. The van der Waals surface area contributed by atoms with Gasteiger partial charge in [-0.2, -0.15) is 0 Å². The van der Waals surface area contributed by atoms with Crippen LogP contribution in [0.1, 0.15) is 12.8 Å². The summed E-state index contributed by atoms with van der Waals surface area (Å²) in [5, 5.41) is 3.45. The minimum Gasteiger partial charge on any atom is -0.354 e. The molecule has 1 N–H and O–H groups in total. The molecule has 0 radical (unpaired) electrons. The summed E-state index contributed by atoms with van der Waals surface area (Å²) in [4.78, 5) is 38.8. The Morgan fingerprint density at radius 3 is 2.32 bits per heavy atom. The van der Waals surface area contributed by atoms with Crippen LogP contribution in [0.2, 0.25) is 5.02 Å². The fourth-order valence-electron chi connectivity index (χ4n) is 3.11. The number of thioether (sulfide) groups is 1. The molecule has 1 aliphatic carbocycles. The lowest BCUT2D eigenvalue weighted by atomic mass is 9.85. The highest BCUT2D eigenvalue weighted by Crippen LogP contribution is 2.34. The Hall–Kier alpha value is -1.79. The number of amides is 3. The van der Waals surface area contributed by atoms with Gasteiger partial charge < -0.3 is 5.32 Å². The molecule has 3 rings (SSSR count). The molecule has 1 aliphatic heterocycles. The number of fused-ring (bicyclic) bond motifs is 1. The van der Waals surface area contributed by atoms with Crippen molar-refractivity contribution in [2.24, 2.45) is 11.8 Å². The first-order chi connectivity index (χ1) is 12.1. The average molecular weight is 379 g/mol. The molecule has 25 heavy (non-hydrogen) atoms. The molecule has 0 unspecified atom stereocenters. The second kappa shape index (κ2) is 8.06. The highest BCUT2D eigenvalue weighted by Gasteiger charge is 2.47. The van der Waals surface area contributed by atoms with E-state index in [1.54, 1.807) is 11.8 Å². The molecular weight excluding hydrogens is 360 g/mol. The van der Waals surface area contributed by atoms with Gasteiger partial charge in [0.2, 0.25) is 17.7 Å². The summed E-state index contributed by atoms with van der Waals surface area (Å²) in [5.74, 6) is -0.610. The lowest BCUT2D eigenvalue weighted by molar-refractivity contribution is -0.143. The summed E-state index contributed by atoms with van der Waals surface area (Å²) in [7, 11) is 0. The van der Waals surface area contributed by atoms with Crippen molar-refractivity contribution >= 4 is 41.1 Å². The van der Waals surface area contributed by atoms with Crippen LogP contribution in [0.3, 0.4) is 0 Å². The number of hydrogen-bond acceptors (Lipinski definition) is 4. The van der Waals surface area contributed by atoms with Crippen LogP contribution in [0.5, 0.6) is 0 Å². The fourth-order valence-corrected chi connectivity index (χ4v) is 4.01. The second-order valence-electron chi connectivity index (χ2n) is 6.07. The number of nitrogens with zero attached hydrogens (tertiary/aromatic N) is 1. The zero-order valence-corrected chi connectivity index (χ0v) is 15.2. The predicted molar refractivity (Wildman–Crippen MR) is 97.3 cm³/mol. The Kier molecular flexibility index (Phi) is 5.81. The maximum Gasteiger partial charge on any atom is 0.240 e. The van der Waals surface area contributed by atoms with Crippen molar-refractivity contribution in [1.29, 1.82) is 0 Å². The zero-order valence-electron chi connectivity index (χ0n) is 13.6. The van der Waals surface area contributed by atoms with E-state index in [4.69, 9.17) is 11.6 Å². The Bertz CT molecular complexity index is 679. The van der Waals surface area contributed by atoms with Crippen LogP contribution < -0.4 is 5.32 Å². The van der Waals surface area contributed by atoms with Gasteiger partial charge in [0.25, 0.3) is 0 Å². The highest BCUT2D eigenvalue weighted by atomic mass is 35.5. The number of carbonyl (C=O) groups is 3. The van der Waals surface area contributed by atoms with Crippen LogP contribution in [0.15, 0.2) is 41.3 Å². The SMILES string of the molecule is O=C(CN1C(=O)[C@H]2CC=CC[C@@H]2C1=O)NCCSc1ccc(Cl)cc1. The number of hydrogen-bond donors (Lipinski definition) is 1. The van der Waals surface area contributed by atoms with Gasteiger partial charge >= 0.3 is 0 Å². The Morgan fingerprint density at radius 1 is 1.12 bits per heavy atom. The monoisotopic (exact) mass is 378 g/mol. The normalized spacial score (nSPS) is 22.2. The smallest absolute Gasteiger partial charge is 0.240 e. The number of imide groups is 1. The summed E-state index contributed by atoms with van der Waals surface area (Å²) in [6, 6.07) is 7.49. The molecule has 2 atom stereocenters. The molecule has 1 saturated heterocycles. The van der Waals surface area contributed by atoms with Gasteiger partial charge in [-0.05, 0) is 37.1 Å². The summed E-state index contributed by atoms with van der Waals surface area (Å²) in [6.45, 7) is 0.285. The van der Waals surface area contributed by atoms with Gasteiger partial charge in [-0.1, -0.05) is 23.8 Å². The fraction of sp³-hybridized carbons (Fsp3) is 0.389. The molecule has 5 nitrogen and oxygen atoms in total. The van der Waals surface area contributed by atoms with Gasteiger partial charge in [-0.15, -0.1) is 11.8 Å². The molecule has 1 aromatic rings. The standard InChI is InChI=1S/C18H19ClN2O3S/c19-12-5-7-13(8-6-12)25-10-9-20-16(22)11-21-17(23)14-3-1-2-4-15(14)18(21)24/h1-2,5-8,14-15H,3-4,9-11H2,(H,20,22)/t14-,15-/m0/s1. The average Bonchev–Trinajstić information content (AvgIpc) is 2.86. The van der Waals surface area contributed by atoms with Gasteiger partial charge in [0.05, 0.1) is 11.8 Å². The van der Waals surface area contributed by atoms with E-state index in [0.29, 0.717) is 30.2 Å². The molecule has 1 heterocycles. The van der Waals surface area contributed by atoms with Crippen molar-refractivity contribution in [3.05, 3.63) is 41.4 Å². The van der Waals surface area contributed by atoms with Crippen LogP contribution in [-0.4, -0.2) is 41.5 Å². The van der Waals surface area contributed by atoms with Crippen molar-refractivity contribution in [3.8, 4) is 0 Å². The molecule has 2 aliphatic rings. The molecule has 0 aromatic heterocycles. The first kappa shape index (κ1) is 18.0. The number of benzene rings is 1. The van der Waals surface area contributed by atoms with Crippen LogP contribution in [-0.2, 0) is 14.4 Å². The number of halogens is 1. The minimum atomic E-state index is -0.301. The first-order valence-corrected chi connectivity index (χ1v) is 9.58. The first-order valence-electron chi connectivity index (χ1n) is 8.21. The van der Waals surface area contributed by atoms with Crippen molar-refractivity contribution in [1.82, 2.24) is 10.2 Å². The van der Waals surface area contributed by atoms with Crippen LogP contribution in [0.4, 0.5) is 0 Å². The predicted octanol–water partition coefficient (Wildman–Crippen LogP) is 2.50. The number of nitrogens with one attached hydrogen (secondary N) is 1. The highest BCUT2D eigenvalue weighted by molar-refractivity contribution is 7.99. The van der Waals surface area contributed by atoms with Gasteiger partial charge in [0, 0.05) is 22.2 Å². The second-order valence-corrected chi connectivity index (χ2v) is 7.68. The third-order valence-electron chi connectivity index (χ3n) is 4.41. The van der Waals surface area contributed by atoms with Crippen molar-refractivity contribution in [3.63, 3.8) is 0 Å². The number of carbonyl (C=O) groups excluding carboxylic acids is 3. The topological polar surface area (TPSA) is 66.5 Å². The number of likely N-dealkylation sites (tertiary alicyclic amines) is 1. The van der Waals surface area contributed by atoms with Crippen LogP contribution >= 0.6 is 23.4 Å². The summed E-state index contributed by atoms with van der Waals surface area (Å²) in [5.41, 5.74) is 0. The van der Waals surface area contributed by atoms with Crippen molar-refractivity contribution < 1.29 is 14.4 Å². The van der Waals surface area contributed by atoms with E-state index in [9.17, 15) is 14.4 Å². The van der Waals surface area contributed by atoms with E-state index in [-0.39, 0.29) is 36.1 Å². The largest absolute Gasteiger partial charge is 0.354 e. The minimum absolute atomic E-state index is 0.184. The Morgan fingerprint density at radius 2 is 1.72 bits per heavy atom. The number of rotatable bonds is 6. The zero-order chi connectivity index (χ0) is 17.8. The summed E-state index contributed by atoms with van der Waals surface area (Å²) in [6.07, 6.45) is 5.05. The lowest BCUT2D eigenvalue weighted by Gasteiger charge is -2.14. The van der Waals surface area contributed by atoms with Crippen LogP contribution in [0, 0.1) is 11.8 Å². The van der Waals surface area contributed by atoms with E-state index < -0.39 is 0 Å². The maximum absolute atomic E-state index is 12.3. The van der Waals surface area contributed by atoms with Gasteiger partial charge in [-0.3, -0.25) is 19.3 Å². The van der Waals surface area contributed by atoms with E-state index in [0.717, 1.165) is 9.80 Å². The van der Waals surface area contributed by atoms with Gasteiger partial charge in [0.15, 0.2) is 0 Å². The van der Waals surface area contributed by atoms with Gasteiger partial charge in [-0.25, -0.2) is 0 Å². The van der Waals surface area contributed by atoms with E-state index in [1.807, 2.05) is 36.4 Å². The molecule has 1 aromatic carbocycles. The van der Waals surface area contributed by atoms with E-state index >= 15 is 0 Å². The quantitative estimate of drug-likeness (QED) is 0.357. The molecule has 0 bridgehead atoms. The molecule has 0 spiro atoms. The third kappa shape index (κ3) is 4.25. The maximum atomic E-state index is 12.3. The summed E-state index contributed by atoms with van der Waals surface area (Å²) < 4.78 is 0. The Balaban J connectivity index is 1.42. The van der Waals surface area contributed by atoms with Crippen LogP contribution in [0.25, 0.3) is 0 Å². The van der Waals surface area contributed by atoms with E-state index in [2.05, 4.69) is 5.32 Å². The van der Waals surface area contributed by atoms with E-state index in [1.165, 1.54) is 0 Å². The molecule has 3 amide bonds. The molecular formula is C18H19ClN2O3S.